The summed E-state index contributed by atoms with van der Waals surface area (Å²) in [6.07, 6.45) is 2.75. The Morgan fingerprint density at radius 3 is 2.68 bits per heavy atom. The zero-order valence-electron chi connectivity index (χ0n) is 17.3. The molecule has 9 heteroatoms. The van der Waals surface area contributed by atoms with E-state index in [0.29, 0.717) is 24.3 Å². The highest BCUT2D eigenvalue weighted by atomic mass is 32.2. The molecule has 7 nitrogen and oxygen atoms in total. The van der Waals surface area contributed by atoms with Crippen molar-refractivity contribution in [3.05, 3.63) is 48.0 Å². The van der Waals surface area contributed by atoms with Crippen molar-refractivity contribution < 1.29 is 18.0 Å². The number of para-hydroxylation sites is 1. The summed E-state index contributed by atoms with van der Waals surface area (Å²) in [6.45, 7) is 2.80. The Morgan fingerprint density at radius 2 is 1.90 bits per heavy atom. The lowest BCUT2D eigenvalue weighted by molar-refractivity contribution is -0.120. The van der Waals surface area contributed by atoms with Gasteiger partial charge in [0.1, 0.15) is 0 Å². The first-order chi connectivity index (χ1) is 14.8. The summed E-state index contributed by atoms with van der Waals surface area (Å²) < 4.78 is 27.7. The molecule has 0 spiro atoms. The van der Waals surface area contributed by atoms with E-state index in [1.54, 1.807) is 19.1 Å². The topological polar surface area (TPSA) is 95.6 Å². The molecule has 2 N–H and O–H groups in total. The Labute approximate surface area is 186 Å². The van der Waals surface area contributed by atoms with Crippen LogP contribution < -0.4 is 10.6 Å². The number of amides is 2. The third-order valence-electron chi connectivity index (χ3n) is 5.48. The zero-order chi connectivity index (χ0) is 22.0. The van der Waals surface area contributed by atoms with Crippen LogP contribution in [0.15, 0.2) is 52.3 Å². The number of hydrogen-bond acceptors (Lipinski definition) is 5. The minimum absolute atomic E-state index is 0.00702. The third kappa shape index (κ3) is 4.78. The fraction of sp³-hybridized carbons (Fsp3) is 0.364. The first-order valence-corrected chi connectivity index (χ1v) is 12.6. The molecule has 2 heterocycles. The average molecular weight is 460 g/mol. The molecular weight excluding hydrogens is 434 g/mol. The number of aryl methyl sites for hydroxylation is 1. The maximum atomic E-state index is 13.1. The fourth-order valence-corrected chi connectivity index (χ4v) is 6.69. The summed E-state index contributed by atoms with van der Waals surface area (Å²) in [6, 6.07) is 12.4. The molecule has 4 rings (SSSR count). The molecule has 1 fully saturated rings. The molecule has 1 atom stereocenters. The molecular formula is C22H25N3O4S2. The van der Waals surface area contributed by atoms with Crippen LogP contribution in [0.5, 0.6) is 0 Å². The van der Waals surface area contributed by atoms with Crippen LogP contribution in [0.3, 0.4) is 0 Å². The van der Waals surface area contributed by atoms with E-state index in [2.05, 4.69) is 10.6 Å². The lowest BCUT2D eigenvalue weighted by Gasteiger charge is -2.27. The Balaban J connectivity index is 1.47. The number of carbonyl (C=O) groups excluding carboxylic acids is 2. The number of nitrogens with one attached hydrogen (secondary N) is 2. The van der Waals surface area contributed by atoms with Crippen LogP contribution in [-0.2, 0) is 19.6 Å². The minimum Gasteiger partial charge on any atom is -0.326 e. The van der Waals surface area contributed by atoms with Crippen molar-refractivity contribution in [2.45, 2.75) is 47.6 Å². The zero-order valence-corrected chi connectivity index (χ0v) is 18.9. The van der Waals surface area contributed by atoms with Gasteiger partial charge >= 0.3 is 0 Å². The Kier molecular flexibility index (Phi) is 6.36. The summed E-state index contributed by atoms with van der Waals surface area (Å²) in [5, 5.41) is 5.04. The summed E-state index contributed by atoms with van der Waals surface area (Å²) in [4.78, 5) is 26.1. The van der Waals surface area contributed by atoms with Gasteiger partial charge in [0.2, 0.25) is 21.8 Å². The van der Waals surface area contributed by atoms with Crippen molar-refractivity contribution in [1.29, 1.82) is 0 Å². The monoisotopic (exact) mass is 459 g/mol. The average Bonchev–Trinajstić information content (AvgIpc) is 2.76. The quantitative estimate of drug-likeness (QED) is 0.712. The van der Waals surface area contributed by atoms with E-state index >= 15 is 0 Å². The molecule has 164 valence electrons. The minimum atomic E-state index is -3.61. The summed E-state index contributed by atoms with van der Waals surface area (Å²) in [5.74, 6) is -0.548. The van der Waals surface area contributed by atoms with Crippen LogP contribution in [0.4, 0.5) is 11.4 Å². The number of carbonyl (C=O) groups is 2. The molecule has 0 aliphatic carbocycles. The predicted octanol–water partition coefficient (Wildman–Crippen LogP) is 3.61. The number of anilines is 2. The number of piperidine rings is 1. The molecule has 1 saturated heterocycles. The Hall–Kier alpha value is -2.36. The number of benzene rings is 2. The van der Waals surface area contributed by atoms with Gasteiger partial charge in [0, 0.05) is 30.1 Å². The predicted molar refractivity (Wildman–Crippen MR) is 122 cm³/mol. The van der Waals surface area contributed by atoms with Crippen LogP contribution in [0, 0.1) is 6.92 Å². The lowest BCUT2D eigenvalue weighted by atomic mass is 10.2. The maximum absolute atomic E-state index is 13.1. The van der Waals surface area contributed by atoms with Crippen LogP contribution in [-0.4, -0.2) is 42.9 Å². The van der Waals surface area contributed by atoms with Gasteiger partial charge in [-0.05, 0) is 49.6 Å². The second kappa shape index (κ2) is 9.02. The number of rotatable bonds is 5. The molecule has 0 radical (unpaired) electrons. The number of nitrogens with zero attached hydrogens (tertiary/aromatic N) is 1. The van der Waals surface area contributed by atoms with E-state index in [0.717, 1.165) is 29.8 Å². The highest BCUT2D eigenvalue weighted by Gasteiger charge is 2.30. The molecule has 2 aromatic rings. The Morgan fingerprint density at radius 1 is 1.16 bits per heavy atom. The van der Waals surface area contributed by atoms with Gasteiger partial charge in [0.05, 0.1) is 15.8 Å². The molecule has 2 aliphatic rings. The van der Waals surface area contributed by atoms with Crippen molar-refractivity contribution in [2.24, 2.45) is 0 Å². The van der Waals surface area contributed by atoms with Gasteiger partial charge in [-0.3, -0.25) is 9.59 Å². The lowest BCUT2D eigenvalue weighted by Crippen LogP contribution is -2.36. The standard InChI is InChI=1S/C22H25N3O4S2/c1-15-9-10-16(13-20(15)31(28,29)25-11-5-2-6-12-25)23-21(26)14-19-22(27)24-17-7-3-4-8-18(17)30-19/h3-4,7-10,13,19H,2,5-6,11-12,14H2,1H3,(H,23,26)(H,24,27)/t19-/m1/s1. The van der Waals surface area contributed by atoms with Gasteiger partial charge in [-0.1, -0.05) is 24.6 Å². The van der Waals surface area contributed by atoms with Crippen molar-refractivity contribution in [1.82, 2.24) is 4.31 Å². The van der Waals surface area contributed by atoms with Gasteiger partial charge < -0.3 is 10.6 Å². The van der Waals surface area contributed by atoms with Crippen molar-refractivity contribution in [3.8, 4) is 0 Å². The first-order valence-electron chi connectivity index (χ1n) is 10.3. The number of sulfonamides is 1. The van der Waals surface area contributed by atoms with Crippen molar-refractivity contribution >= 4 is 45.0 Å². The summed E-state index contributed by atoms with van der Waals surface area (Å²) in [5.41, 5.74) is 1.80. The van der Waals surface area contributed by atoms with Gasteiger partial charge in [-0.25, -0.2) is 8.42 Å². The second-order valence-electron chi connectivity index (χ2n) is 7.79. The fourth-order valence-electron chi connectivity index (χ4n) is 3.81. The SMILES string of the molecule is Cc1ccc(NC(=O)C[C@H]2Sc3ccccc3NC2=O)cc1S(=O)(=O)N1CCCCC1. The maximum Gasteiger partial charge on any atom is 0.243 e. The van der Waals surface area contributed by atoms with Crippen LogP contribution >= 0.6 is 11.8 Å². The number of fused-ring (bicyclic) bond motifs is 1. The molecule has 0 unspecified atom stereocenters. The van der Waals surface area contributed by atoms with E-state index in [1.807, 2.05) is 24.3 Å². The first kappa shape index (κ1) is 21.9. The molecule has 2 aromatic carbocycles. The molecule has 2 amide bonds. The van der Waals surface area contributed by atoms with E-state index < -0.39 is 15.3 Å². The highest BCUT2D eigenvalue weighted by molar-refractivity contribution is 8.01. The van der Waals surface area contributed by atoms with E-state index in [4.69, 9.17) is 0 Å². The summed E-state index contributed by atoms with van der Waals surface area (Å²) >= 11 is 1.36. The van der Waals surface area contributed by atoms with Crippen molar-refractivity contribution in [3.63, 3.8) is 0 Å². The normalized spacial score (nSPS) is 19.4. The highest BCUT2D eigenvalue weighted by Crippen LogP contribution is 2.36. The van der Waals surface area contributed by atoms with Crippen molar-refractivity contribution in [2.75, 3.05) is 23.7 Å². The van der Waals surface area contributed by atoms with Gasteiger partial charge in [-0.15, -0.1) is 11.8 Å². The van der Waals surface area contributed by atoms with Crippen LogP contribution in [0.1, 0.15) is 31.2 Å². The van der Waals surface area contributed by atoms with Gasteiger partial charge in [-0.2, -0.15) is 4.31 Å². The van der Waals surface area contributed by atoms with Gasteiger partial charge in [0.15, 0.2) is 0 Å². The smallest absolute Gasteiger partial charge is 0.243 e. The molecule has 0 bridgehead atoms. The molecule has 0 saturated carbocycles. The molecule has 0 aromatic heterocycles. The Bertz CT molecular complexity index is 1110. The van der Waals surface area contributed by atoms with Gasteiger partial charge in [0.25, 0.3) is 0 Å². The van der Waals surface area contributed by atoms with E-state index in [1.165, 1.54) is 22.1 Å². The van der Waals surface area contributed by atoms with Crippen LogP contribution in [0.2, 0.25) is 0 Å². The van der Waals surface area contributed by atoms with E-state index in [9.17, 15) is 18.0 Å². The summed E-state index contributed by atoms with van der Waals surface area (Å²) in [7, 11) is -3.61. The number of hydrogen-bond donors (Lipinski definition) is 2. The second-order valence-corrected chi connectivity index (χ2v) is 10.9. The third-order valence-corrected chi connectivity index (χ3v) is 8.80. The largest absolute Gasteiger partial charge is 0.326 e. The molecule has 2 aliphatic heterocycles. The molecule has 31 heavy (non-hydrogen) atoms. The van der Waals surface area contributed by atoms with Crippen LogP contribution in [0.25, 0.3) is 0 Å². The van der Waals surface area contributed by atoms with E-state index in [-0.39, 0.29) is 23.1 Å². The number of thioether (sulfide) groups is 1.